The largest absolute Gasteiger partial charge is 0.457 e. The molecule has 4 aromatic rings. The Balaban J connectivity index is 1.57. The van der Waals surface area contributed by atoms with Gasteiger partial charge in [0.2, 0.25) is 0 Å². The number of benzene rings is 2. The zero-order valence-electron chi connectivity index (χ0n) is 15.5. The first kappa shape index (κ1) is 18.4. The number of nitrogen functional groups attached to an aromatic ring is 1. The highest BCUT2D eigenvalue weighted by Gasteiger charge is 2.33. The van der Waals surface area contributed by atoms with Crippen molar-refractivity contribution < 1.29 is 9.84 Å². The summed E-state index contributed by atoms with van der Waals surface area (Å²) < 4.78 is 9.15. The maximum Gasteiger partial charge on any atom is 0.147 e. The van der Waals surface area contributed by atoms with Gasteiger partial charge < -0.3 is 20.1 Å². The van der Waals surface area contributed by atoms with Gasteiger partial charge in [0.25, 0.3) is 0 Å². The Morgan fingerprint density at radius 2 is 1.69 bits per heavy atom. The van der Waals surface area contributed by atoms with Crippen LogP contribution < -0.4 is 10.5 Å². The van der Waals surface area contributed by atoms with E-state index >= 15 is 0 Å². The van der Waals surface area contributed by atoms with Crippen LogP contribution in [-0.4, -0.2) is 25.7 Å². The summed E-state index contributed by atoms with van der Waals surface area (Å²) in [5, 5.41) is 10.6. The molecule has 146 valence electrons. The molecule has 0 amide bonds. The monoisotopic (exact) mass is 498 g/mol. The highest BCUT2D eigenvalue weighted by Crippen LogP contribution is 2.43. The van der Waals surface area contributed by atoms with Crippen LogP contribution in [0.5, 0.6) is 11.5 Å². The third-order valence-electron chi connectivity index (χ3n) is 5.33. The normalized spacial score (nSPS) is 18.6. The van der Waals surface area contributed by atoms with Crippen LogP contribution in [0.25, 0.3) is 22.2 Å². The van der Waals surface area contributed by atoms with Crippen molar-refractivity contribution in [3.05, 3.63) is 64.6 Å². The molecule has 2 aromatic heterocycles. The number of halogens is 1. The van der Waals surface area contributed by atoms with Crippen LogP contribution in [0.1, 0.15) is 18.9 Å². The lowest BCUT2D eigenvalue weighted by Crippen LogP contribution is -2.31. The van der Waals surface area contributed by atoms with Crippen molar-refractivity contribution in [3.8, 4) is 22.6 Å². The number of aliphatic hydroxyl groups excluding tert-OH is 1. The lowest BCUT2D eigenvalue weighted by Gasteiger charge is -2.33. The average molecular weight is 498 g/mol. The molecule has 0 atom stereocenters. The fourth-order valence-electron chi connectivity index (χ4n) is 3.81. The van der Waals surface area contributed by atoms with Gasteiger partial charge in [-0.05, 0) is 65.3 Å². The molecule has 1 fully saturated rings. The van der Waals surface area contributed by atoms with Gasteiger partial charge in [0, 0.05) is 11.6 Å². The third kappa shape index (κ3) is 3.24. The number of nitrogens with two attached hydrogens (primary N) is 1. The molecule has 1 saturated carbocycles. The summed E-state index contributed by atoms with van der Waals surface area (Å²) in [7, 11) is 0. The van der Waals surface area contributed by atoms with Gasteiger partial charge in [-0.3, -0.25) is 0 Å². The van der Waals surface area contributed by atoms with Crippen LogP contribution >= 0.6 is 22.6 Å². The highest BCUT2D eigenvalue weighted by atomic mass is 127. The number of para-hydroxylation sites is 1. The number of aromatic nitrogens is 3. The first-order valence-corrected chi connectivity index (χ1v) is 10.5. The minimum Gasteiger partial charge on any atom is -0.457 e. The van der Waals surface area contributed by atoms with Gasteiger partial charge >= 0.3 is 0 Å². The molecule has 0 spiro atoms. The molecule has 29 heavy (non-hydrogen) atoms. The fraction of sp³-hybridized carbons (Fsp3) is 0.182. The third-order valence-corrected chi connectivity index (χ3v) is 6.39. The molecule has 0 saturated heterocycles. The summed E-state index contributed by atoms with van der Waals surface area (Å²) in [4.78, 5) is 8.73. The van der Waals surface area contributed by atoms with Crippen molar-refractivity contribution in [2.75, 3.05) is 5.73 Å². The van der Waals surface area contributed by atoms with Crippen LogP contribution in [0.4, 0.5) is 5.82 Å². The van der Waals surface area contributed by atoms with Gasteiger partial charge in [-0.2, -0.15) is 0 Å². The molecule has 6 nitrogen and oxygen atoms in total. The van der Waals surface area contributed by atoms with Crippen molar-refractivity contribution in [1.29, 1.82) is 0 Å². The molecule has 1 aliphatic carbocycles. The topological polar surface area (TPSA) is 86.2 Å². The quantitative estimate of drug-likeness (QED) is 0.396. The van der Waals surface area contributed by atoms with E-state index in [4.69, 9.17) is 10.5 Å². The molecule has 2 aromatic carbocycles. The van der Waals surface area contributed by atoms with E-state index in [0.29, 0.717) is 5.82 Å². The molecule has 5 rings (SSSR count). The minimum atomic E-state index is -0.245. The van der Waals surface area contributed by atoms with Crippen molar-refractivity contribution in [1.82, 2.24) is 14.5 Å². The van der Waals surface area contributed by atoms with Crippen molar-refractivity contribution in [2.45, 2.75) is 25.0 Å². The van der Waals surface area contributed by atoms with E-state index in [1.165, 1.54) is 6.33 Å². The Kier molecular flexibility index (Phi) is 4.63. The molecule has 0 radical (unpaired) electrons. The van der Waals surface area contributed by atoms with Gasteiger partial charge in [0.05, 0.1) is 15.2 Å². The number of fused-ring (bicyclic) bond motifs is 1. The molecule has 3 N–H and O–H groups in total. The number of aliphatic hydroxyl groups is 1. The van der Waals surface area contributed by atoms with Crippen LogP contribution in [0.15, 0.2) is 60.9 Å². The van der Waals surface area contributed by atoms with E-state index < -0.39 is 0 Å². The number of anilines is 1. The van der Waals surface area contributed by atoms with E-state index in [0.717, 1.165) is 50.2 Å². The van der Waals surface area contributed by atoms with Crippen LogP contribution in [0.3, 0.4) is 0 Å². The zero-order chi connectivity index (χ0) is 20.0. The minimum absolute atomic E-state index is 0.225. The van der Waals surface area contributed by atoms with Gasteiger partial charge in [0.15, 0.2) is 0 Å². The molecular formula is C22H19IN4O2. The maximum atomic E-state index is 9.79. The Hall–Kier alpha value is -2.65. The van der Waals surface area contributed by atoms with Gasteiger partial charge in [-0.1, -0.05) is 30.3 Å². The molecule has 0 aliphatic heterocycles. The average Bonchev–Trinajstić information content (AvgIpc) is 3.00. The summed E-state index contributed by atoms with van der Waals surface area (Å²) >= 11 is 2.35. The maximum absolute atomic E-state index is 9.79. The SMILES string of the molecule is Nc1ncnc2c1c(-c1ccc(Oc3ccccc3)cc1)c(I)n2C1CC(O)C1. The molecule has 0 bridgehead atoms. The second kappa shape index (κ2) is 7.31. The first-order chi connectivity index (χ1) is 14.1. The second-order valence-electron chi connectivity index (χ2n) is 7.21. The number of nitrogens with zero attached hydrogens (tertiary/aromatic N) is 3. The Labute approximate surface area is 181 Å². The number of ether oxygens (including phenoxy) is 1. The summed E-state index contributed by atoms with van der Waals surface area (Å²) in [6.45, 7) is 0. The standard InChI is InChI=1S/C22H19IN4O2/c23-20-18(13-6-8-17(9-7-13)29-16-4-2-1-3-5-16)19-21(24)25-12-26-22(19)27(20)14-10-15(28)11-14/h1-9,12,14-15,28H,10-11H2,(H2,24,25,26). The highest BCUT2D eigenvalue weighted by molar-refractivity contribution is 14.1. The summed E-state index contributed by atoms with van der Waals surface area (Å²) in [5.41, 5.74) is 9.12. The van der Waals surface area contributed by atoms with E-state index in [9.17, 15) is 5.11 Å². The number of hydrogen-bond acceptors (Lipinski definition) is 5. The van der Waals surface area contributed by atoms with Crippen LogP contribution in [0.2, 0.25) is 0 Å². The van der Waals surface area contributed by atoms with Crippen molar-refractivity contribution >= 4 is 39.4 Å². The van der Waals surface area contributed by atoms with Crippen LogP contribution in [-0.2, 0) is 0 Å². The van der Waals surface area contributed by atoms with Gasteiger partial charge in [-0.15, -0.1) is 0 Å². The molecule has 2 heterocycles. The van der Waals surface area contributed by atoms with E-state index in [2.05, 4.69) is 37.1 Å². The first-order valence-electron chi connectivity index (χ1n) is 9.43. The van der Waals surface area contributed by atoms with Crippen molar-refractivity contribution in [2.24, 2.45) is 0 Å². The molecule has 1 aliphatic rings. The summed E-state index contributed by atoms with van der Waals surface area (Å²) in [6.07, 6.45) is 2.71. The Morgan fingerprint density at radius 3 is 2.38 bits per heavy atom. The lowest BCUT2D eigenvalue weighted by molar-refractivity contribution is 0.0493. The summed E-state index contributed by atoms with van der Waals surface area (Å²) in [6, 6.07) is 17.9. The second-order valence-corrected chi connectivity index (χ2v) is 8.23. The molecule has 0 unspecified atom stereocenters. The smallest absolute Gasteiger partial charge is 0.147 e. The Bertz CT molecular complexity index is 1170. The fourth-order valence-corrected chi connectivity index (χ4v) is 5.01. The number of rotatable bonds is 4. The zero-order valence-corrected chi connectivity index (χ0v) is 17.7. The lowest BCUT2D eigenvalue weighted by atomic mass is 9.89. The van der Waals surface area contributed by atoms with Crippen LogP contribution in [0, 0.1) is 3.70 Å². The molecular weight excluding hydrogens is 479 g/mol. The van der Waals surface area contributed by atoms with Gasteiger partial charge in [0.1, 0.15) is 29.3 Å². The predicted octanol–water partition coefficient (Wildman–Crippen LogP) is 4.77. The number of hydrogen-bond donors (Lipinski definition) is 2. The molecule has 7 heteroatoms. The predicted molar refractivity (Wildman–Crippen MR) is 121 cm³/mol. The van der Waals surface area contributed by atoms with Gasteiger partial charge in [-0.25, -0.2) is 9.97 Å². The van der Waals surface area contributed by atoms with E-state index in [1.807, 2.05) is 54.6 Å². The van der Waals surface area contributed by atoms with E-state index in [-0.39, 0.29) is 12.1 Å². The summed E-state index contributed by atoms with van der Waals surface area (Å²) in [5.74, 6) is 2.03. The Morgan fingerprint density at radius 1 is 1.00 bits per heavy atom. The van der Waals surface area contributed by atoms with Crippen molar-refractivity contribution in [3.63, 3.8) is 0 Å². The van der Waals surface area contributed by atoms with E-state index in [1.54, 1.807) is 0 Å².